The average Bonchev–Trinajstić information content (AvgIpc) is 3.13. The predicted octanol–water partition coefficient (Wildman–Crippen LogP) is 2.59. The van der Waals surface area contributed by atoms with Gasteiger partial charge >= 0.3 is 12.0 Å². The second kappa shape index (κ2) is 6.72. The van der Waals surface area contributed by atoms with Crippen molar-refractivity contribution in [1.82, 2.24) is 5.32 Å². The van der Waals surface area contributed by atoms with E-state index in [2.05, 4.69) is 20.5 Å². The molecular formula is C16H20N4O3S. The van der Waals surface area contributed by atoms with Gasteiger partial charge in [-0.15, -0.1) is 0 Å². The molecule has 7 nitrogen and oxygen atoms in total. The van der Waals surface area contributed by atoms with Crippen molar-refractivity contribution >= 4 is 40.3 Å². The number of amidine groups is 1. The lowest BCUT2D eigenvalue weighted by molar-refractivity contribution is -0.140. The van der Waals surface area contributed by atoms with Gasteiger partial charge in [-0.2, -0.15) is 0 Å². The van der Waals surface area contributed by atoms with Crippen LogP contribution in [-0.4, -0.2) is 41.4 Å². The van der Waals surface area contributed by atoms with E-state index in [-0.39, 0.29) is 5.92 Å². The van der Waals surface area contributed by atoms with E-state index in [9.17, 15) is 14.7 Å². The van der Waals surface area contributed by atoms with Crippen molar-refractivity contribution in [3.63, 3.8) is 0 Å². The molecule has 0 fully saturated rings. The van der Waals surface area contributed by atoms with Crippen LogP contribution in [0.5, 0.6) is 0 Å². The summed E-state index contributed by atoms with van der Waals surface area (Å²) in [4.78, 5) is 31.1. The zero-order chi connectivity index (χ0) is 17.3. The maximum atomic E-state index is 12.1. The number of nitrogens with zero attached hydrogens (tertiary/aromatic N) is 2. The molecule has 2 amide bonds. The van der Waals surface area contributed by atoms with Crippen LogP contribution in [0.1, 0.15) is 20.3 Å². The zero-order valence-electron chi connectivity index (χ0n) is 13.6. The third-order valence-electron chi connectivity index (χ3n) is 4.28. The Morgan fingerprint density at radius 1 is 1.46 bits per heavy atom. The van der Waals surface area contributed by atoms with Crippen LogP contribution in [0.4, 0.5) is 16.2 Å². The lowest BCUT2D eigenvalue weighted by Crippen LogP contribution is -2.46. The first-order valence-electron chi connectivity index (χ1n) is 7.93. The number of anilines is 2. The van der Waals surface area contributed by atoms with Crippen LogP contribution >= 0.6 is 11.8 Å². The third-order valence-corrected chi connectivity index (χ3v) is 5.37. The van der Waals surface area contributed by atoms with Crippen LogP contribution in [0.3, 0.4) is 0 Å². The number of carboxylic acid groups (broad SMARTS) is 1. The highest BCUT2D eigenvalue weighted by atomic mass is 32.2. The molecule has 2 unspecified atom stereocenters. The summed E-state index contributed by atoms with van der Waals surface area (Å²) in [6, 6.07) is 4.24. The van der Waals surface area contributed by atoms with E-state index in [4.69, 9.17) is 0 Å². The van der Waals surface area contributed by atoms with Crippen LogP contribution in [-0.2, 0) is 4.79 Å². The van der Waals surface area contributed by atoms with Crippen LogP contribution in [0.15, 0.2) is 28.1 Å². The largest absolute Gasteiger partial charge is 0.480 e. The summed E-state index contributed by atoms with van der Waals surface area (Å²) in [5.41, 5.74) is 1.67. The second-order valence-corrected chi connectivity index (χ2v) is 6.91. The Hall–Kier alpha value is -2.22. The lowest BCUT2D eigenvalue weighted by Gasteiger charge is -2.20. The smallest absolute Gasteiger partial charge is 0.326 e. The van der Waals surface area contributed by atoms with Crippen molar-refractivity contribution in [2.24, 2.45) is 10.9 Å². The molecule has 24 heavy (non-hydrogen) atoms. The van der Waals surface area contributed by atoms with Gasteiger partial charge < -0.3 is 20.6 Å². The summed E-state index contributed by atoms with van der Waals surface area (Å²) in [6.45, 7) is 5.34. The highest BCUT2D eigenvalue weighted by Gasteiger charge is 2.30. The molecular weight excluding hydrogens is 328 g/mol. The topological polar surface area (TPSA) is 94.0 Å². The van der Waals surface area contributed by atoms with Gasteiger partial charge in [0.25, 0.3) is 0 Å². The number of aliphatic imine (C=N–C) groups is 1. The number of fused-ring (bicyclic) bond motifs is 3. The highest BCUT2D eigenvalue weighted by molar-refractivity contribution is 8.14. The van der Waals surface area contributed by atoms with E-state index in [1.54, 1.807) is 18.7 Å². The molecule has 0 aliphatic carbocycles. The normalized spacial score (nSPS) is 17.6. The van der Waals surface area contributed by atoms with E-state index < -0.39 is 18.0 Å². The molecule has 0 radical (unpaired) electrons. The fraction of sp³-hybridized carbons (Fsp3) is 0.438. The SMILES string of the molecule is CCC(C)C(NC(=O)Nc1ccc2c(c1)N1CCN=C1S2)C(=O)O. The van der Waals surface area contributed by atoms with Crippen LogP contribution in [0.2, 0.25) is 0 Å². The van der Waals surface area contributed by atoms with E-state index in [0.29, 0.717) is 12.1 Å². The van der Waals surface area contributed by atoms with Crippen molar-refractivity contribution in [1.29, 1.82) is 0 Å². The number of amides is 2. The van der Waals surface area contributed by atoms with Crippen LogP contribution in [0.25, 0.3) is 0 Å². The molecule has 2 aliphatic heterocycles. The van der Waals surface area contributed by atoms with Crippen molar-refractivity contribution < 1.29 is 14.7 Å². The molecule has 2 atom stereocenters. The summed E-state index contributed by atoms with van der Waals surface area (Å²) in [5.74, 6) is -1.17. The maximum Gasteiger partial charge on any atom is 0.326 e. The summed E-state index contributed by atoms with van der Waals surface area (Å²) < 4.78 is 0. The van der Waals surface area contributed by atoms with Gasteiger partial charge in [0.1, 0.15) is 6.04 Å². The number of carboxylic acids is 1. The molecule has 0 aromatic heterocycles. The van der Waals surface area contributed by atoms with E-state index in [0.717, 1.165) is 28.8 Å². The van der Waals surface area contributed by atoms with Crippen molar-refractivity contribution in [3.05, 3.63) is 18.2 Å². The molecule has 0 bridgehead atoms. The molecule has 0 spiro atoms. The van der Waals surface area contributed by atoms with Gasteiger partial charge in [0.05, 0.1) is 12.2 Å². The molecule has 1 aromatic rings. The molecule has 0 saturated carbocycles. The van der Waals surface area contributed by atoms with Crippen molar-refractivity contribution in [2.45, 2.75) is 31.2 Å². The Morgan fingerprint density at radius 2 is 2.25 bits per heavy atom. The van der Waals surface area contributed by atoms with Gasteiger partial charge in [-0.25, -0.2) is 9.59 Å². The zero-order valence-corrected chi connectivity index (χ0v) is 14.4. The quantitative estimate of drug-likeness (QED) is 0.760. The van der Waals surface area contributed by atoms with Crippen molar-refractivity contribution in [2.75, 3.05) is 23.3 Å². The Labute approximate surface area is 144 Å². The van der Waals surface area contributed by atoms with E-state index in [1.807, 2.05) is 25.1 Å². The van der Waals surface area contributed by atoms with E-state index in [1.165, 1.54) is 0 Å². The van der Waals surface area contributed by atoms with Crippen molar-refractivity contribution in [3.8, 4) is 0 Å². The summed E-state index contributed by atoms with van der Waals surface area (Å²) in [5, 5.41) is 15.5. The molecule has 128 valence electrons. The first-order valence-corrected chi connectivity index (χ1v) is 8.75. The van der Waals surface area contributed by atoms with Crippen LogP contribution in [0, 0.1) is 5.92 Å². The summed E-state index contributed by atoms with van der Waals surface area (Å²) in [7, 11) is 0. The fourth-order valence-electron chi connectivity index (χ4n) is 2.72. The summed E-state index contributed by atoms with van der Waals surface area (Å²) in [6.07, 6.45) is 0.671. The second-order valence-electron chi connectivity index (χ2n) is 5.90. The highest BCUT2D eigenvalue weighted by Crippen LogP contribution is 2.43. The van der Waals surface area contributed by atoms with Gasteiger partial charge in [-0.3, -0.25) is 4.99 Å². The van der Waals surface area contributed by atoms with E-state index >= 15 is 0 Å². The number of carbonyl (C=O) groups excluding carboxylic acids is 1. The minimum absolute atomic E-state index is 0.145. The molecule has 2 aliphatic rings. The van der Waals surface area contributed by atoms with Gasteiger partial charge in [0.15, 0.2) is 5.17 Å². The van der Waals surface area contributed by atoms with Gasteiger partial charge in [0.2, 0.25) is 0 Å². The number of hydrogen-bond donors (Lipinski definition) is 3. The third kappa shape index (κ3) is 3.19. The number of rotatable bonds is 5. The Balaban J connectivity index is 1.68. The standard InChI is InChI=1S/C16H20N4O3S/c1-3-9(2)13(14(21)22)19-15(23)18-10-4-5-12-11(8-10)20-7-6-17-16(20)24-12/h4-5,8-9,13H,3,6-7H2,1-2H3,(H,21,22)(H2,18,19,23). The van der Waals surface area contributed by atoms with Gasteiger partial charge in [-0.05, 0) is 35.9 Å². The monoisotopic (exact) mass is 348 g/mol. The number of nitrogens with one attached hydrogen (secondary N) is 2. The molecule has 2 heterocycles. The molecule has 1 aromatic carbocycles. The fourth-order valence-corrected chi connectivity index (χ4v) is 3.78. The Kier molecular flexibility index (Phi) is 4.66. The Bertz CT molecular complexity index is 707. The number of urea groups is 1. The number of carbonyl (C=O) groups is 2. The molecule has 3 rings (SSSR count). The minimum Gasteiger partial charge on any atom is -0.480 e. The first-order chi connectivity index (χ1) is 11.5. The predicted molar refractivity (Wildman–Crippen MR) is 95.0 cm³/mol. The van der Waals surface area contributed by atoms with Gasteiger partial charge in [-0.1, -0.05) is 20.3 Å². The Morgan fingerprint density at radius 3 is 2.96 bits per heavy atom. The summed E-state index contributed by atoms with van der Waals surface area (Å²) >= 11 is 1.63. The maximum absolute atomic E-state index is 12.1. The minimum atomic E-state index is -1.03. The number of thioether (sulfide) groups is 1. The van der Waals surface area contributed by atoms with Gasteiger partial charge in [0, 0.05) is 17.1 Å². The van der Waals surface area contributed by atoms with Crippen LogP contribution < -0.4 is 15.5 Å². The average molecular weight is 348 g/mol. The number of aliphatic carboxylic acids is 1. The molecule has 0 saturated heterocycles. The lowest BCUT2D eigenvalue weighted by atomic mass is 9.99. The number of benzene rings is 1. The number of hydrogen-bond acceptors (Lipinski definition) is 5. The first kappa shape index (κ1) is 16.6. The molecule has 8 heteroatoms. The molecule has 3 N–H and O–H groups in total.